The topological polar surface area (TPSA) is 26.3 Å². The van der Waals surface area contributed by atoms with Crippen molar-refractivity contribution < 1.29 is 8.83 Å². The first-order valence-electron chi connectivity index (χ1n) is 3.99. The van der Waals surface area contributed by atoms with Gasteiger partial charge in [-0.3, -0.25) is 0 Å². The Balaban J connectivity index is 2.53. The molecule has 0 bridgehead atoms. The number of aryl methyl sites for hydroxylation is 2. The third kappa shape index (κ3) is 1.44. The Bertz CT molecular complexity index is 406. The molecule has 0 unspecified atom stereocenters. The smallest absolute Gasteiger partial charge is 0.172 e. The lowest BCUT2D eigenvalue weighted by Gasteiger charge is -1.90. The van der Waals surface area contributed by atoms with Crippen LogP contribution >= 0.6 is 15.9 Å². The van der Waals surface area contributed by atoms with Gasteiger partial charge in [0.1, 0.15) is 0 Å². The molecular weight excluding hydrogens is 232 g/mol. The van der Waals surface area contributed by atoms with Crippen LogP contribution in [0.2, 0.25) is 0 Å². The van der Waals surface area contributed by atoms with Crippen LogP contribution in [-0.4, -0.2) is 0 Å². The fourth-order valence-corrected chi connectivity index (χ4v) is 1.49. The lowest BCUT2D eigenvalue weighted by molar-refractivity contribution is 0.508. The molecule has 0 saturated carbocycles. The van der Waals surface area contributed by atoms with Gasteiger partial charge in [0.2, 0.25) is 0 Å². The minimum Gasteiger partial charge on any atom is -0.461 e. The summed E-state index contributed by atoms with van der Waals surface area (Å²) in [6.07, 6.45) is 1.66. The summed E-state index contributed by atoms with van der Waals surface area (Å²) in [7, 11) is 0. The maximum atomic E-state index is 5.46. The lowest BCUT2D eigenvalue weighted by Crippen LogP contribution is -1.70. The highest BCUT2D eigenvalue weighted by molar-refractivity contribution is 9.10. The number of hydrogen-bond acceptors (Lipinski definition) is 2. The van der Waals surface area contributed by atoms with Gasteiger partial charge in [-0.15, -0.1) is 0 Å². The van der Waals surface area contributed by atoms with Crippen LogP contribution in [0.3, 0.4) is 0 Å². The Labute approximate surface area is 84.7 Å². The Morgan fingerprint density at radius 3 is 2.46 bits per heavy atom. The fraction of sp³-hybridized carbons (Fsp3) is 0.200. The van der Waals surface area contributed by atoms with Crippen molar-refractivity contribution >= 4 is 15.9 Å². The van der Waals surface area contributed by atoms with Crippen molar-refractivity contribution in [1.29, 1.82) is 0 Å². The van der Waals surface area contributed by atoms with Crippen molar-refractivity contribution in [2.45, 2.75) is 13.8 Å². The lowest BCUT2D eigenvalue weighted by atomic mass is 10.2. The standard InChI is InChI=1S/C10H9BrO2/c1-6-3-4-12-9(6)8-5-7(2)10(11)13-8/h3-5H,1-2H3. The van der Waals surface area contributed by atoms with Gasteiger partial charge in [0, 0.05) is 5.56 Å². The van der Waals surface area contributed by atoms with Gasteiger partial charge in [-0.1, -0.05) is 0 Å². The van der Waals surface area contributed by atoms with Crippen LogP contribution in [0.1, 0.15) is 11.1 Å². The molecule has 2 nitrogen and oxygen atoms in total. The molecule has 0 radical (unpaired) electrons. The zero-order valence-corrected chi connectivity index (χ0v) is 9.01. The van der Waals surface area contributed by atoms with Crippen LogP contribution in [0.5, 0.6) is 0 Å². The molecule has 2 rings (SSSR count). The second kappa shape index (κ2) is 3.07. The van der Waals surface area contributed by atoms with E-state index < -0.39 is 0 Å². The summed E-state index contributed by atoms with van der Waals surface area (Å²) >= 11 is 3.32. The van der Waals surface area contributed by atoms with E-state index in [1.54, 1.807) is 6.26 Å². The number of rotatable bonds is 1. The Hall–Kier alpha value is -0.960. The van der Waals surface area contributed by atoms with Crippen molar-refractivity contribution in [3.63, 3.8) is 0 Å². The first-order valence-corrected chi connectivity index (χ1v) is 4.78. The molecule has 68 valence electrons. The molecule has 0 amide bonds. The van der Waals surface area contributed by atoms with E-state index in [1.807, 2.05) is 26.0 Å². The van der Waals surface area contributed by atoms with Crippen LogP contribution in [0.25, 0.3) is 11.5 Å². The van der Waals surface area contributed by atoms with E-state index in [4.69, 9.17) is 8.83 Å². The predicted molar refractivity (Wildman–Crippen MR) is 53.6 cm³/mol. The molecule has 0 aliphatic rings. The number of furan rings is 2. The van der Waals surface area contributed by atoms with Crippen LogP contribution in [0.15, 0.2) is 31.9 Å². The fourth-order valence-electron chi connectivity index (χ4n) is 1.20. The normalized spacial score (nSPS) is 10.7. The molecule has 0 N–H and O–H groups in total. The highest BCUT2D eigenvalue weighted by atomic mass is 79.9. The van der Waals surface area contributed by atoms with Gasteiger partial charge in [0.05, 0.1) is 6.26 Å². The molecular formula is C10H9BrO2. The zero-order chi connectivity index (χ0) is 9.42. The van der Waals surface area contributed by atoms with Gasteiger partial charge < -0.3 is 8.83 Å². The van der Waals surface area contributed by atoms with Crippen molar-refractivity contribution in [3.8, 4) is 11.5 Å². The third-order valence-electron chi connectivity index (χ3n) is 1.94. The predicted octanol–water partition coefficient (Wildman–Crippen LogP) is 3.92. The van der Waals surface area contributed by atoms with E-state index in [2.05, 4.69) is 15.9 Å². The monoisotopic (exact) mass is 240 g/mol. The molecule has 0 aliphatic carbocycles. The molecule has 3 heteroatoms. The summed E-state index contributed by atoms with van der Waals surface area (Å²) in [5.41, 5.74) is 2.16. The number of hydrogen-bond donors (Lipinski definition) is 0. The first kappa shape index (κ1) is 8.63. The molecule has 2 aromatic heterocycles. The minimum absolute atomic E-state index is 0.762. The summed E-state index contributed by atoms with van der Waals surface area (Å²) < 4.78 is 11.5. The summed E-state index contributed by atoms with van der Waals surface area (Å²) in [5, 5.41) is 0. The van der Waals surface area contributed by atoms with E-state index in [-0.39, 0.29) is 0 Å². The van der Waals surface area contributed by atoms with Crippen molar-refractivity contribution in [1.82, 2.24) is 0 Å². The largest absolute Gasteiger partial charge is 0.461 e. The molecule has 0 atom stereocenters. The Morgan fingerprint density at radius 2 is 2.00 bits per heavy atom. The zero-order valence-electron chi connectivity index (χ0n) is 7.43. The summed E-state index contributed by atoms with van der Waals surface area (Å²) in [5.74, 6) is 1.57. The summed E-state index contributed by atoms with van der Waals surface area (Å²) in [6, 6.07) is 3.87. The molecule has 0 aromatic carbocycles. The van der Waals surface area contributed by atoms with E-state index in [9.17, 15) is 0 Å². The van der Waals surface area contributed by atoms with Gasteiger partial charge >= 0.3 is 0 Å². The van der Waals surface area contributed by atoms with Crippen molar-refractivity contribution in [3.05, 3.63) is 34.2 Å². The van der Waals surface area contributed by atoms with Gasteiger partial charge in [-0.25, -0.2) is 0 Å². The Kier molecular flexibility index (Phi) is 2.04. The van der Waals surface area contributed by atoms with Crippen LogP contribution in [0.4, 0.5) is 0 Å². The van der Waals surface area contributed by atoms with Crippen LogP contribution in [-0.2, 0) is 0 Å². The average Bonchev–Trinajstić information content (AvgIpc) is 2.60. The van der Waals surface area contributed by atoms with Gasteiger partial charge in [-0.05, 0) is 47.5 Å². The minimum atomic E-state index is 0.762. The first-order chi connectivity index (χ1) is 6.18. The number of halogens is 1. The maximum Gasteiger partial charge on any atom is 0.172 e. The van der Waals surface area contributed by atoms with Crippen LogP contribution in [0, 0.1) is 13.8 Å². The summed E-state index contributed by atoms with van der Waals surface area (Å²) in [6.45, 7) is 3.97. The molecule has 2 heterocycles. The molecule has 0 fully saturated rings. The second-order valence-corrected chi connectivity index (χ2v) is 3.72. The third-order valence-corrected chi connectivity index (χ3v) is 2.73. The second-order valence-electron chi connectivity index (χ2n) is 3.00. The van der Waals surface area contributed by atoms with Crippen molar-refractivity contribution in [2.75, 3.05) is 0 Å². The van der Waals surface area contributed by atoms with E-state index in [0.717, 1.165) is 27.3 Å². The molecule has 0 spiro atoms. The van der Waals surface area contributed by atoms with Gasteiger partial charge in [-0.2, -0.15) is 0 Å². The SMILES string of the molecule is Cc1cc(-c2occc2C)oc1Br. The van der Waals surface area contributed by atoms with Crippen molar-refractivity contribution in [2.24, 2.45) is 0 Å². The van der Waals surface area contributed by atoms with E-state index >= 15 is 0 Å². The molecule has 0 saturated heterocycles. The Morgan fingerprint density at radius 1 is 1.23 bits per heavy atom. The molecule has 13 heavy (non-hydrogen) atoms. The summed E-state index contributed by atoms with van der Waals surface area (Å²) in [4.78, 5) is 0. The van der Waals surface area contributed by atoms with Crippen LogP contribution < -0.4 is 0 Å². The quantitative estimate of drug-likeness (QED) is 0.756. The highest BCUT2D eigenvalue weighted by Gasteiger charge is 2.11. The van der Waals surface area contributed by atoms with Gasteiger partial charge in [0.15, 0.2) is 16.2 Å². The highest BCUT2D eigenvalue weighted by Crippen LogP contribution is 2.30. The van der Waals surface area contributed by atoms with Gasteiger partial charge in [0.25, 0.3) is 0 Å². The maximum absolute atomic E-state index is 5.46. The van der Waals surface area contributed by atoms with E-state index in [1.165, 1.54) is 0 Å². The molecule has 0 aliphatic heterocycles. The molecule has 2 aromatic rings. The van der Waals surface area contributed by atoms with E-state index in [0.29, 0.717) is 0 Å². The average molecular weight is 241 g/mol.